The van der Waals surface area contributed by atoms with Crippen LogP contribution in [0.2, 0.25) is 0 Å². The first-order valence-corrected chi connectivity index (χ1v) is 6.39. The molecule has 0 aromatic carbocycles. The van der Waals surface area contributed by atoms with Gasteiger partial charge in [-0.05, 0) is 6.42 Å². The first kappa shape index (κ1) is 13.7. The Morgan fingerprint density at radius 1 is 1.06 bits per heavy atom. The number of aromatic nitrogens is 2. The van der Waals surface area contributed by atoms with Crippen LogP contribution in [0.4, 0.5) is 11.6 Å². The number of rotatable bonds is 9. The van der Waals surface area contributed by atoms with Crippen molar-refractivity contribution in [2.75, 3.05) is 17.3 Å². The molecule has 0 aliphatic rings. The second-order valence-corrected chi connectivity index (χ2v) is 4.13. The van der Waals surface area contributed by atoms with E-state index in [4.69, 9.17) is 5.84 Å². The Kier molecular flexibility index (Phi) is 7.06. The molecule has 0 bridgehead atoms. The molecule has 5 heteroatoms. The number of hydrogen-bond donors (Lipinski definition) is 3. The topological polar surface area (TPSA) is 75.9 Å². The van der Waals surface area contributed by atoms with Gasteiger partial charge in [0.25, 0.3) is 0 Å². The zero-order valence-corrected chi connectivity index (χ0v) is 10.6. The highest BCUT2D eigenvalue weighted by molar-refractivity contribution is 5.45. The minimum absolute atomic E-state index is 0.630. The molecule has 17 heavy (non-hydrogen) atoms. The van der Waals surface area contributed by atoms with Crippen LogP contribution in [-0.2, 0) is 0 Å². The highest BCUT2D eigenvalue weighted by atomic mass is 15.3. The number of anilines is 2. The van der Waals surface area contributed by atoms with Crippen LogP contribution in [0.25, 0.3) is 0 Å². The van der Waals surface area contributed by atoms with Crippen molar-refractivity contribution in [3.05, 3.63) is 12.4 Å². The van der Waals surface area contributed by atoms with Crippen LogP contribution in [0.1, 0.15) is 45.4 Å². The molecule has 0 aliphatic carbocycles. The third-order valence-corrected chi connectivity index (χ3v) is 2.65. The minimum Gasteiger partial charge on any atom is -0.370 e. The van der Waals surface area contributed by atoms with Crippen LogP contribution in [-0.4, -0.2) is 16.5 Å². The highest BCUT2D eigenvalue weighted by Crippen LogP contribution is 2.08. The van der Waals surface area contributed by atoms with Gasteiger partial charge in [0.1, 0.15) is 18.0 Å². The van der Waals surface area contributed by atoms with E-state index < -0.39 is 0 Å². The van der Waals surface area contributed by atoms with Gasteiger partial charge < -0.3 is 10.7 Å². The van der Waals surface area contributed by atoms with E-state index in [0.29, 0.717) is 5.82 Å². The number of nitrogens with one attached hydrogen (secondary N) is 2. The van der Waals surface area contributed by atoms with Gasteiger partial charge in [0.2, 0.25) is 0 Å². The molecule has 0 radical (unpaired) electrons. The van der Waals surface area contributed by atoms with Gasteiger partial charge >= 0.3 is 0 Å². The molecule has 96 valence electrons. The lowest BCUT2D eigenvalue weighted by molar-refractivity contribution is 0.617. The summed E-state index contributed by atoms with van der Waals surface area (Å²) in [6.07, 6.45) is 9.29. The molecule has 0 amide bonds. The van der Waals surface area contributed by atoms with Crippen LogP contribution in [0.5, 0.6) is 0 Å². The summed E-state index contributed by atoms with van der Waals surface area (Å²) in [4.78, 5) is 8.07. The van der Waals surface area contributed by atoms with Crippen LogP contribution >= 0.6 is 0 Å². The van der Waals surface area contributed by atoms with Crippen molar-refractivity contribution in [2.45, 2.75) is 45.4 Å². The fraction of sp³-hybridized carbons (Fsp3) is 0.667. The average Bonchev–Trinajstić information content (AvgIpc) is 2.38. The standard InChI is InChI=1S/C12H23N5/c1-2-3-4-5-6-7-8-14-11-9-12(17-13)16-10-15-11/h9-10H,2-8,13H2,1H3,(H2,14,15,16,17). The lowest BCUT2D eigenvalue weighted by atomic mass is 10.1. The van der Waals surface area contributed by atoms with Crippen molar-refractivity contribution < 1.29 is 0 Å². The molecule has 0 saturated heterocycles. The summed E-state index contributed by atoms with van der Waals surface area (Å²) in [5, 5.41) is 3.26. The molecular weight excluding hydrogens is 214 g/mol. The maximum atomic E-state index is 5.27. The van der Waals surface area contributed by atoms with Crippen molar-refractivity contribution in [3.8, 4) is 0 Å². The summed E-state index contributed by atoms with van der Waals surface area (Å²) >= 11 is 0. The average molecular weight is 237 g/mol. The lowest BCUT2D eigenvalue weighted by Gasteiger charge is -2.06. The van der Waals surface area contributed by atoms with Crippen LogP contribution in [0.15, 0.2) is 12.4 Å². The zero-order chi connectivity index (χ0) is 12.3. The quantitative estimate of drug-likeness (QED) is 0.349. The zero-order valence-electron chi connectivity index (χ0n) is 10.6. The molecule has 1 heterocycles. The number of unbranched alkanes of at least 4 members (excludes halogenated alkanes) is 5. The normalized spacial score (nSPS) is 10.2. The number of nitrogen functional groups attached to an aromatic ring is 1. The highest BCUT2D eigenvalue weighted by Gasteiger charge is 1.96. The smallest absolute Gasteiger partial charge is 0.145 e. The molecule has 0 spiro atoms. The predicted octanol–water partition coefficient (Wildman–Crippen LogP) is 2.53. The Labute approximate surface area is 103 Å². The molecule has 0 unspecified atom stereocenters. The van der Waals surface area contributed by atoms with E-state index in [9.17, 15) is 0 Å². The molecule has 1 rings (SSSR count). The summed E-state index contributed by atoms with van der Waals surface area (Å²) in [6.45, 7) is 3.19. The largest absolute Gasteiger partial charge is 0.370 e. The van der Waals surface area contributed by atoms with Gasteiger partial charge in [-0.1, -0.05) is 39.0 Å². The van der Waals surface area contributed by atoms with Gasteiger partial charge in [-0.25, -0.2) is 15.8 Å². The molecular formula is C12H23N5. The minimum atomic E-state index is 0.630. The van der Waals surface area contributed by atoms with Gasteiger partial charge in [0, 0.05) is 12.6 Å². The molecule has 0 aliphatic heterocycles. The monoisotopic (exact) mass is 237 g/mol. The van der Waals surface area contributed by atoms with Gasteiger partial charge in [0.15, 0.2) is 0 Å². The summed E-state index contributed by atoms with van der Waals surface area (Å²) in [7, 11) is 0. The van der Waals surface area contributed by atoms with Gasteiger partial charge in [-0.2, -0.15) is 0 Å². The predicted molar refractivity (Wildman–Crippen MR) is 71.7 cm³/mol. The van der Waals surface area contributed by atoms with Crippen molar-refractivity contribution in [1.82, 2.24) is 9.97 Å². The van der Waals surface area contributed by atoms with E-state index in [2.05, 4.69) is 27.6 Å². The third kappa shape index (κ3) is 6.06. The van der Waals surface area contributed by atoms with Crippen molar-refractivity contribution in [2.24, 2.45) is 5.84 Å². The lowest BCUT2D eigenvalue weighted by Crippen LogP contribution is -2.10. The summed E-state index contributed by atoms with van der Waals surface area (Å²) in [6, 6.07) is 1.80. The fourth-order valence-corrected chi connectivity index (χ4v) is 1.65. The summed E-state index contributed by atoms with van der Waals surface area (Å²) in [5.74, 6) is 6.72. The van der Waals surface area contributed by atoms with Gasteiger partial charge in [-0.3, -0.25) is 0 Å². The van der Waals surface area contributed by atoms with E-state index >= 15 is 0 Å². The second-order valence-electron chi connectivity index (χ2n) is 4.13. The molecule has 0 fully saturated rings. The maximum absolute atomic E-state index is 5.27. The fourth-order valence-electron chi connectivity index (χ4n) is 1.65. The van der Waals surface area contributed by atoms with Crippen LogP contribution in [0.3, 0.4) is 0 Å². The molecule has 5 nitrogen and oxygen atoms in total. The Morgan fingerprint density at radius 2 is 1.76 bits per heavy atom. The van der Waals surface area contributed by atoms with Crippen molar-refractivity contribution in [1.29, 1.82) is 0 Å². The Morgan fingerprint density at radius 3 is 2.53 bits per heavy atom. The van der Waals surface area contributed by atoms with Crippen molar-refractivity contribution in [3.63, 3.8) is 0 Å². The molecule has 0 saturated carbocycles. The molecule has 1 aromatic rings. The van der Waals surface area contributed by atoms with Crippen LogP contribution < -0.4 is 16.6 Å². The van der Waals surface area contributed by atoms with Gasteiger partial charge in [0.05, 0.1) is 0 Å². The van der Waals surface area contributed by atoms with Gasteiger partial charge in [-0.15, -0.1) is 0 Å². The SMILES string of the molecule is CCCCCCCCNc1cc(NN)ncn1. The number of nitrogens with two attached hydrogens (primary N) is 1. The van der Waals surface area contributed by atoms with E-state index in [0.717, 1.165) is 12.4 Å². The maximum Gasteiger partial charge on any atom is 0.145 e. The van der Waals surface area contributed by atoms with Crippen LogP contribution in [0, 0.1) is 0 Å². The van der Waals surface area contributed by atoms with E-state index in [1.54, 1.807) is 6.07 Å². The third-order valence-electron chi connectivity index (χ3n) is 2.65. The second kappa shape index (κ2) is 8.75. The first-order chi connectivity index (χ1) is 8.36. The number of nitrogens with zero attached hydrogens (tertiary/aromatic N) is 2. The Hall–Kier alpha value is -1.36. The number of hydrogen-bond acceptors (Lipinski definition) is 5. The van der Waals surface area contributed by atoms with Crippen molar-refractivity contribution >= 4 is 11.6 Å². The Bertz CT molecular complexity index is 303. The van der Waals surface area contributed by atoms with E-state index in [1.807, 2.05) is 0 Å². The molecule has 1 aromatic heterocycles. The molecule has 0 atom stereocenters. The first-order valence-electron chi connectivity index (χ1n) is 6.39. The number of hydrazine groups is 1. The summed E-state index contributed by atoms with van der Waals surface area (Å²) in [5.41, 5.74) is 2.50. The Balaban J connectivity index is 2.09. The van der Waals surface area contributed by atoms with E-state index in [1.165, 1.54) is 44.9 Å². The summed E-state index contributed by atoms with van der Waals surface area (Å²) < 4.78 is 0. The molecule has 4 N–H and O–H groups in total. The van der Waals surface area contributed by atoms with E-state index in [-0.39, 0.29) is 0 Å².